The molecule has 0 aliphatic rings. The van der Waals surface area contributed by atoms with E-state index in [1.807, 2.05) is 0 Å². The molecule has 0 saturated carbocycles. The lowest BCUT2D eigenvalue weighted by atomic mass is 10.1. The Bertz CT molecular complexity index is 976. The number of carboxylic acid groups (broad SMARTS) is 2. The van der Waals surface area contributed by atoms with Gasteiger partial charge in [0.1, 0.15) is 0 Å². The molecule has 0 aliphatic carbocycles. The van der Waals surface area contributed by atoms with Crippen LogP contribution in [0.15, 0.2) is 0 Å². The Morgan fingerprint density at radius 3 is 0.820 bits per heavy atom. The van der Waals surface area contributed by atoms with Crippen molar-refractivity contribution >= 4 is 35.6 Å². The Kier molecular flexibility index (Phi) is 53.9. The molecule has 13 heteroatoms. The van der Waals surface area contributed by atoms with E-state index < -0.39 is 17.9 Å². The van der Waals surface area contributed by atoms with Crippen LogP contribution in [0.3, 0.4) is 0 Å². The van der Waals surface area contributed by atoms with Gasteiger partial charge in [0.2, 0.25) is 17.7 Å². The molecule has 0 aromatic rings. The highest BCUT2D eigenvalue weighted by atomic mass is 17.1. The Hall–Kier alpha value is -3.22. The molecule has 13 nitrogen and oxygen atoms in total. The molecule has 6 N–H and O–H groups in total. The SMILES string of the molecule is CCCCCCCCCC(=O)NCCCCCC(=O)O.CCCCCCCCCC(=O)NCCCCCC(=O)O.CCCCCCCCCC(=O)NCCCCCC(=O)OO. The molecule has 0 bridgehead atoms. The fraction of sp³-hybridized carbons (Fsp3) is 0.875. The van der Waals surface area contributed by atoms with Crippen molar-refractivity contribution in [2.24, 2.45) is 0 Å². The van der Waals surface area contributed by atoms with Gasteiger partial charge in [-0.3, -0.25) is 24.0 Å². The molecule has 0 radical (unpaired) electrons. The minimum atomic E-state index is -0.743. The van der Waals surface area contributed by atoms with Crippen molar-refractivity contribution in [3.63, 3.8) is 0 Å². The summed E-state index contributed by atoms with van der Waals surface area (Å²) in [6.45, 7) is 8.65. The van der Waals surface area contributed by atoms with E-state index in [0.29, 0.717) is 58.2 Å². The van der Waals surface area contributed by atoms with Crippen molar-refractivity contribution in [2.45, 2.75) is 252 Å². The number of rotatable bonds is 42. The number of hydrogen-bond donors (Lipinski definition) is 6. The molecular weight excluding hydrogens is 779 g/mol. The summed E-state index contributed by atoms with van der Waals surface area (Å²) >= 11 is 0. The third-order valence-electron chi connectivity index (χ3n) is 10.3. The first-order valence-electron chi connectivity index (χ1n) is 24.6. The fourth-order valence-electron chi connectivity index (χ4n) is 6.45. The van der Waals surface area contributed by atoms with E-state index in [1.54, 1.807) is 0 Å². The molecule has 0 fully saturated rings. The van der Waals surface area contributed by atoms with Crippen LogP contribution in [-0.4, -0.2) is 70.7 Å². The molecule has 0 aromatic heterocycles. The zero-order valence-electron chi connectivity index (χ0n) is 39.3. The number of carbonyl (C=O) groups is 6. The highest BCUT2D eigenvalue weighted by molar-refractivity contribution is 5.76. The second-order valence-electron chi connectivity index (χ2n) is 16.3. The fourth-order valence-corrected chi connectivity index (χ4v) is 6.45. The Morgan fingerprint density at radius 1 is 0.328 bits per heavy atom. The van der Waals surface area contributed by atoms with Crippen molar-refractivity contribution in [2.75, 3.05) is 19.6 Å². The second-order valence-corrected chi connectivity index (χ2v) is 16.3. The van der Waals surface area contributed by atoms with E-state index >= 15 is 0 Å². The van der Waals surface area contributed by atoms with Crippen LogP contribution in [0.1, 0.15) is 252 Å². The van der Waals surface area contributed by atoms with Gasteiger partial charge in [0, 0.05) is 58.2 Å². The minimum Gasteiger partial charge on any atom is -0.481 e. The van der Waals surface area contributed by atoms with E-state index in [9.17, 15) is 28.8 Å². The molecule has 0 aromatic carbocycles. The number of nitrogens with one attached hydrogen (secondary N) is 3. The number of hydrogen-bond acceptors (Lipinski definition) is 8. The average Bonchev–Trinajstić information content (AvgIpc) is 3.23. The third-order valence-corrected chi connectivity index (χ3v) is 10.3. The van der Waals surface area contributed by atoms with Crippen LogP contribution in [0.5, 0.6) is 0 Å². The third kappa shape index (κ3) is 61.2. The zero-order valence-corrected chi connectivity index (χ0v) is 39.3. The molecule has 0 rings (SSSR count). The number of carbonyl (C=O) groups excluding carboxylic acids is 4. The van der Waals surface area contributed by atoms with Gasteiger partial charge in [-0.1, -0.05) is 156 Å². The van der Waals surface area contributed by atoms with Crippen LogP contribution in [0.2, 0.25) is 0 Å². The quantitative estimate of drug-likeness (QED) is 0.0194. The second kappa shape index (κ2) is 52.9. The summed E-state index contributed by atoms with van der Waals surface area (Å²) in [4.78, 5) is 69.4. The monoisotopic (exact) mass is 872 g/mol. The van der Waals surface area contributed by atoms with Crippen molar-refractivity contribution in [1.29, 1.82) is 0 Å². The Balaban J connectivity index is -0.000000828. The molecule has 0 atom stereocenters. The number of unbranched alkanes of at least 4 members (excludes halogenated alkanes) is 24. The van der Waals surface area contributed by atoms with Gasteiger partial charge in [0.15, 0.2) is 0 Å². The Labute approximate surface area is 371 Å². The van der Waals surface area contributed by atoms with Gasteiger partial charge in [-0.25, -0.2) is 4.79 Å². The first-order chi connectivity index (χ1) is 29.5. The van der Waals surface area contributed by atoms with Gasteiger partial charge < -0.3 is 31.1 Å². The molecule has 360 valence electrons. The lowest BCUT2D eigenvalue weighted by Crippen LogP contribution is -2.24. The predicted octanol–water partition coefficient (Wildman–Crippen LogP) is 11.6. The normalized spacial score (nSPS) is 10.4. The topological polar surface area (TPSA) is 208 Å². The maximum absolute atomic E-state index is 11.5. The van der Waals surface area contributed by atoms with E-state index in [0.717, 1.165) is 77.0 Å². The minimum absolute atomic E-state index is 0.123. The standard InChI is InChI=1S/C16H31NO4.2C16H31NO3/c1-2-3-4-5-6-7-9-12-15(18)17-14-11-8-10-13-16(19)21-20;2*1-2-3-4-5-6-7-9-12-15(18)17-14-11-8-10-13-16(19)20/h20H,2-14H2,1H3,(H,17,18);2*2-14H2,1H3,(H,17,18)(H,19,20). The van der Waals surface area contributed by atoms with Crippen molar-refractivity contribution in [3.05, 3.63) is 0 Å². The average molecular weight is 872 g/mol. The van der Waals surface area contributed by atoms with Crippen LogP contribution >= 0.6 is 0 Å². The molecule has 0 spiro atoms. The lowest BCUT2D eigenvalue weighted by Gasteiger charge is -2.05. The van der Waals surface area contributed by atoms with E-state index in [4.69, 9.17) is 15.5 Å². The molecule has 0 saturated heterocycles. The van der Waals surface area contributed by atoms with E-state index in [1.165, 1.54) is 96.3 Å². The largest absolute Gasteiger partial charge is 0.481 e. The van der Waals surface area contributed by atoms with E-state index in [2.05, 4.69) is 41.6 Å². The van der Waals surface area contributed by atoms with Gasteiger partial charge in [-0.05, 0) is 57.8 Å². The van der Waals surface area contributed by atoms with Gasteiger partial charge >= 0.3 is 17.9 Å². The maximum Gasteiger partial charge on any atom is 0.342 e. The smallest absolute Gasteiger partial charge is 0.342 e. The summed E-state index contributed by atoms with van der Waals surface area (Å²) in [5.41, 5.74) is 0. The highest BCUT2D eigenvalue weighted by Crippen LogP contribution is 2.11. The van der Waals surface area contributed by atoms with Crippen LogP contribution in [0, 0.1) is 0 Å². The van der Waals surface area contributed by atoms with Gasteiger partial charge in [-0.15, -0.1) is 0 Å². The molecule has 3 amide bonds. The maximum atomic E-state index is 11.5. The van der Waals surface area contributed by atoms with Crippen molar-refractivity contribution in [3.8, 4) is 0 Å². The summed E-state index contributed by atoms with van der Waals surface area (Å²) in [6.07, 6.45) is 35.5. The molecule has 61 heavy (non-hydrogen) atoms. The first-order valence-corrected chi connectivity index (χ1v) is 24.6. The summed E-state index contributed by atoms with van der Waals surface area (Å²) in [6, 6.07) is 0. The van der Waals surface area contributed by atoms with Crippen LogP contribution in [0.25, 0.3) is 0 Å². The van der Waals surface area contributed by atoms with Gasteiger partial charge in [-0.2, -0.15) is 5.26 Å². The lowest BCUT2D eigenvalue weighted by molar-refractivity contribution is -0.234. The first kappa shape index (κ1) is 62.1. The molecular formula is C48H93N3O10. The van der Waals surface area contributed by atoms with Gasteiger partial charge in [0.05, 0.1) is 0 Å². The summed E-state index contributed by atoms with van der Waals surface area (Å²) < 4.78 is 0. The highest BCUT2D eigenvalue weighted by Gasteiger charge is 2.05. The van der Waals surface area contributed by atoms with Crippen LogP contribution in [0.4, 0.5) is 0 Å². The summed E-state index contributed by atoms with van der Waals surface area (Å²) in [7, 11) is 0. The number of aliphatic carboxylic acids is 2. The molecule has 0 unspecified atom stereocenters. The Morgan fingerprint density at radius 2 is 0.557 bits per heavy atom. The zero-order chi connectivity index (χ0) is 45.9. The van der Waals surface area contributed by atoms with Crippen LogP contribution in [-0.2, 0) is 33.7 Å². The van der Waals surface area contributed by atoms with Gasteiger partial charge in [0.25, 0.3) is 0 Å². The van der Waals surface area contributed by atoms with Crippen LogP contribution < -0.4 is 16.0 Å². The number of amides is 3. The molecule has 0 aliphatic heterocycles. The number of carboxylic acids is 2. The van der Waals surface area contributed by atoms with E-state index in [-0.39, 0.29) is 37.0 Å². The predicted molar refractivity (Wildman–Crippen MR) is 246 cm³/mol. The van der Waals surface area contributed by atoms with Crippen molar-refractivity contribution < 1.29 is 49.1 Å². The van der Waals surface area contributed by atoms with Crippen molar-refractivity contribution in [1.82, 2.24) is 16.0 Å². The summed E-state index contributed by atoms with van der Waals surface area (Å²) in [5.74, 6) is -1.69. The molecule has 0 heterocycles. The summed E-state index contributed by atoms with van der Waals surface area (Å²) in [5, 5.41) is 33.7.